The second kappa shape index (κ2) is 9.70. The second-order valence-corrected chi connectivity index (χ2v) is 3.87. The van der Waals surface area contributed by atoms with E-state index in [9.17, 15) is 4.39 Å². The van der Waals surface area contributed by atoms with Crippen molar-refractivity contribution in [1.82, 2.24) is 0 Å². The zero-order valence-corrected chi connectivity index (χ0v) is 11.6. The lowest BCUT2D eigenvalue weighted by Crippen LogP contribution is -2.00. The van der Waals surface area contributed by atoms with Crippen molar-refractivity contribution in [2.75, 3.05) is 24.3 Å². The Labute approximate surface area is 104 Å². The SMILES string of the molecule is CSCCCOc1ccc(N)cc1F.O.P.[HH]. The van der Waals surface area contributed by atoms with Crippen LogP contribution in [-0.4, -0.2) is 24.1 Å². The highest BCUT2D eigenvalue weighted by Gasteiger charge is 2.02. The summed E-state index contributed by atoms with van der Waals surface area (Å²) in [5.74, 6) is 0.908. The fourth-order valence-electron chi connectivity index (χ4n) is 1.02. The Balaban J connectivity index is -0.000000653. The van der Waals surface area contributed by atoms with E-state index < -0.39 is 5.82 Å². The van der Waals surface area contributed by atoms with Crippen LogP contribution in [0.15, 0.2) is 18.2 Å². The Morgan fingerprint density at radius 3 is 2.75 bits per heavy atom. The maximum absolute atomic E-state index is 13.1. The number of benzene rings is 1. The average molecular weight is 269 g/mol. The molecule has 16 heavy (non-hydrogen) atoms. The van der Waals surface area contributed by atoms with E-state index in [1.807, 2.05) is 6.26 Å². The first kappa shape index (κ1) is 17.9. The van der Waals surface area contributed by atoms with Crippen molar-refractivity contribution in [1.29, 1.82) is 0 Å². The summed E-state index contributed by atoms with van der Waals surface area (Å²) in [4.78, 5) is 0. The molecule has 0 spiro atoms. The minimum atomic E-state index is -0.394. The second-order valence-electron chi connectivity index (χ2n) is 2.88. The molecule has 1 unspecified atom stereocenters. The molecule has 0 aliphatic rings. The van der Waals surface area contributed by atoms with Crippen LogP contribution in [0.5, 0.6) is 5.75 Å². The fraction of sp³-hybridized carbons (Fsp3) is 0.400. The van der Waals surface area contributed by atoms with Gasteiger partial charge in [-0.05, 0) is 30.6 Å². The van der Waals surface area contributed by atoms with E-state index in [1.54, 1.807) is 23.9 Å². The van der Waals surface area contributed by atoms with Crippen molar-refractivity contribution in [3.05, 3.63) is 24.0 Å². The monoisotopic (exact) mass is 269 g/mol. The first-order valence-corrected chi connectivity index (χ1v) is 5.80. The molecule has 0 bridgehead atoms. The van der Waals surface area contributed by atoms with Gasteiger partial charge in [-0.3, -0.25) is 0 Å². The predicted octanol–water partition coefficient (Wildman–Crippen LogP) is 2.02. The van der Waals surface area contributed by atoms with Crippen LogP contribution in [0.2, 0.25) is 0 Å². The quantitative estimate of drug-likeness (QED) is 0.505. The smallest absolute Gasteiger partial charge is 0.167 e. The molecule has 1 rings (SSSR count). The lowest BCUT2D eigenvalue weighted by atomic mass is 10.3. The van der Waals surface area contributed by atoms with Gasteiger partial charge in [0.1, 0.15) is 0 Å². The largest absolute Gasteiger partial charge is 0.490 e. The Hall–Kier alpha value is -0.510. The summed E-state index contributed by atoms with van der Waals surface area (Å²) in [7, 11) is 0. The van der Waals surface area contributed by atoms with Gasteiger partial charge in [0.2, 0.25) is 0 Å². The van der Waals surface area contributed by atoms with Crippen molar-refractivity contribution in [3.63, 3.8) is 0 Å². The third-order valence-corrected chi connectivity index (χ3v) is 2.40. The summed E-state index contributed by atoms with van der Waals surface area (Å²) >= 11 is 1.75. The number of nitrogens with two attached hydrogens (primary N) is 1. The van der Waals surface area contributed by atoms with Crippen LogP contribution in [0.1, 0.15) is 7.85 Å². The number of halogens is 1. The van der Waals surface area contributed by atoms with E-state index in [0.717, 1.165) is 12.2 Å². The number of hydrogen-bond donors (Lipinski definition) is 1. The Morgan fingerprint density at radius 1 is 1.50 bits per heavy atom. The first-order valence-electron chi connectivity index (χ1n) is 4.41. The maximum Gasteiger partial charge on any atom is 0.167 e. The minimum absolute atomic E-state index is 0. The molecule has 1 atom stereocenters. The van der Waals surface area contributed by atoms with E-state index in [0.29, 0.717) is 12.3 Å². The van der Waals surface area contributed by atoms with Gasteiger partial charge in [-0.1, -0.05) is 0 Å². The molecule has 1 aromatic rings. The summed E-state index contributed by atoms with van der Waals surface area (Å²) in [6.45, 7) is 0.543. The van der Waals surface area contributed by atoms with Crippen LogP contribution in [-0.2, 0) is 0 Å². The molecule has 0 aliphatic heterocycles. The zero-order valence-electron chi connectivity index (χ0n) is 9.33. The van der Waals surface area contributed by atoms with Gasteiger partial charge >= 0.3 is 0 Å². The van der Waals surface area contributed by atoms with Crippen molar-refractivity contribution < 1.29 is 16.0 Å². The lowest BCUT2D eigenvalue weighted by molar-refractivity contribution is 0.302. The first-order chi connectivity index (χ1) is 6.74. The normalized spacial score (nSPS) is 8.88. The molecule has 0 amide bonds. The van der Waals surface area contributed by atoms with Gasteiger partial charge in [-0.2, -0.15) is 21.7 Å². The summed E-state index contributed by atoms with van der Waals surface area (Å²) < 4.78 is 18.4. The number of anilines is 1. The number of nitrogen functional groups attached to an aromatic ring is 1. The number of rotatable bonds is 5. The molecule has 0 aromatic heterocycles. The lowest BCUT2D eigenvalue weighted by Gasteiger charge is -2.06. The van der Waals surface area contributed by atoms with Gasteiger partial charge in [0.25, 0.3) is 0 Å². The number of thioether (sulfide) groups is 1. The molecule has 96 valence electrons. The van der Waals surface area contributed by atoms with Crippen LogP contribution < -0.4 is 10.5 Å². The van der Waals surface area contributed by atoms with Crippen LogP contribution in [0.4, 0.5) is 10.1 Å². The van der Waals surface area contributed by atoms with Gasteiger partial charge in [-0.15, -0.1) is 0 Å². The Kier molecular flexibility index (Phi) is 10.8. The highest BCUT2D eigenvalue weighted by Crippen LogP contribution is 2.19. The van der Waals surface area contributed by atoms with Gasteiger partial charge in [-0.25, -0.2) is 4.39 Å². The van der Waals surface area contributed by atoms with E-state index in [-0.39, 0.29) is 22.6 Å². The third-order valence-electron chi connectivity index (χ3n) is 1.71. The summed E-state index contributed by atoms with van der Waals surface area (Å²) in [6.07, 6.45) is 2.95. The molecule has 0 fully saturated rings. The topological polar surface area (TPSA) is 66.8 Å². The van der Waals surface area contributed by atoms with Gasteiger partial charge < -0.3 is 15.9 Å². The van der Waals surface area contributed by atoms with Crippen LogP contribution in [0.25, 0.3) is 0 Å². The standard InChI is InChI=1S/C10H14FNOS.H2O.H3P.H2/c1-14-6-2-5-13-10-4-3-8(12)7-9(10)11;;;/h3-4,7H,2,5-6,12H2,1H3;1H2;1H3;1H. The molecule has 6 heteroatoms. The average Bonchev–Trinajstić information content (AvgIpc) is 2.15. The van der Waals surface area contributed by atoms with Crippen LogP contribution in [0.3, 0.4) is 0 Å². The minimum Gasteiger partial charge on any atom is -0.490 e. The van der Waals surface area contributed by atoms with Gasteiger partial charge in [0.15, 0.2) is 11.6 Å². The fourth-order valence-corrected chi connectivity index (χ4v) is 1.43. The van der Waals surface area contributed by atoms with Crippen molar-refractivity contribution in [2.24, 2.45) is 0 Å². The highest BCUT2D eigenvalue weighted by atomic mass is 32.2. The van der Waals surface area contributed by atoms with Crippen LogP contribution in [0, 0.1) is 5.82 Å². The highest BCUT2D eigenvalue weighted by molar-refractivity contribution is 7.98. The zero-order chi connectivity index (χ0) is 10.4. The maximum atomic E-state index is 13.1. The summed E-state index contributed by atoms with van der Waals surface area (Å²) in [5, 5.41) is 0. The summed E-state index contributed by atoms with van der Waals surface area (Å²) in [6, 6.07) is 4.46. The van der Waals surface area contributed by atoms with E-state index in [2.05, 4.69) is 0 Å². The molecule has 0 aliphatic carbocycles. The molecule has 1 aromatic carbocycles. The van der Waals surface area contributed by atoms with Crippen molar-refractivity contribution >= 4 is 27.3 Å². The van der Waals surface area contributed by atoms with E-state index in [1.165, 1.54) is 6.07 Å². The third kappa shape index (κ3) is 6.16. The molecular weight excluding hydrogens is 248 g/mol. The van der Waals surface area contributed by atoms with E-state index in [4.69, 9.17) is 10.5 Å². The molecular formula is C10H21FNO2PS. The number of ether oxygens (including phenoxy) is 1. The molecule has 0 saturated carbocycles. The van der Waals surface area contributed by atoms with Crippen LogP contribution >= 0.6 is 21.7 Å². The molecule has 3 nitrogen and oxygen atoms in total. The molecule has 0 radical (unpaired) electrons. The molecule has 0 saturated heterocycles. The molecule has 4 N–H and O–H groups in total. The van der Waals surface area contributed by atoms with Gasteiger partial charge in [0.05, 0.1) is 6.61 Å². The van der Waals surface area contributed by atoms with Gasteiger partial charge in [0, 0.05) is 13.2 Å². The van der Waals surface area contributed by atoms with E-state index >= 15 is 0 Å². The Bertz CT molecular complexity index is 308. The Morgan fingerprint density at radius 2 is 2.19 bits per heavy atom. The molecule has 0 heterocycles. The van der Waals surface area contributed by atoms with Crippen molar-refractivity contribution in [3.8, 4) is 5.75 Å². The van der Waals surface area contributed by atoms with Crippen molar-refractivity contribution in [2.45, 2.75) is 6.42 Å². The predicted molar refractivity (Wildman–Crippen MR) is 76.1 cm³/mol. The number of hydrogen-bond acceptors (Lipinski definition) is 3. The summed E-state index contributed by atoms with van der Waals surface area (Å²) in [5.41, 5.74) is 5.82.